The second-order valence-corrected chi connectivity index (χ2v) is 6.41. The van der Waals surface area contributed by atoms with Gasteiger partial charge in [0.05, 0.1) is 18.9 Å². The molecule has 1 heterocycles. The number of anilines is 1. The van der Waals surface area contributed by atoms with Crippen LogP contribution in [0.3, 0.4) is 0 Å². The average molecular weight is 367 g/mol. The van der Waals surface area contributed by atoms with Crippen LogP contribution in [0, 0.1) is 5.82 Å². The van der Waals surface area contributed by atoms with Crippen LogP contribution in [0.2, 0.25) is 0 Å². The van der Waals surface area contributed by atoms with Gasteiger partial charge in [0, 0.05) is 24.1 Å². The molecular weight excluding hydrogens is 345 g/mol. The Morgan fingerprint density at radius 3 is 2.63 bits per heavy atom. The first-order valence-electron chi connectivity index (χ1n) is 9.18. The molecule has 0 atom stereocenters. The maximum Gasteiger partial charge on any atom is 0.161 e. The Kier molecular flexibility index (Phi) is 4.71. The van der Waals surface area contributed by atoms with Crippen molar-refractivity contribution in [2.75, 3.05) is 18.5 Å². The fourth-order valence-electron chi connectivity index (χ4n) is 3.45. The van der Waals surface area contributed by atoms with Gasteiger partial charge in [0.1, 0.15) is 5.82 Å². The molecule has 0 radical (unpaired) electrons. The van der Waals surface area contributed by atoms with Gasteiger partial charge in [-0.2, -0.15) is 5.10 Å². The van der Waals surface area contributed by atoms with Crippen LogP contribution in [0.15, 0.2) is 36.4 Å². The highest BCUT2D eigenvalue weighted by atomic mass is 19.1. The van der Waals surface area contributed by atoms with Crippen LogP contribution in [0.25, 0.3) is 11.3 Å². The van der Waals surface area contributed by atoms with E-state index in [1.165, 1.54) is 17.7 Å². The Hall–Kier alpha value is -3.02. The summed E-state index contributed by atoms with van der Waals surface area (Å²) in [6, 6.07) is 10.6. The summed E-state index contributed by atoms with van der Waals surface area (Å²) in [7, 11) is 0. The lowest BCUT2D eigenvalue weighted by molar-refractivity contribution is 0.287. The zero-order chi connectivity index (χ0) is 18.8. The molecule has 0 unspecified atom stereocenters. The molecule has 0 saturated heterocycles. The second-order valence-electron chi connectivity index (χ2n) is 6.41. The van der Waals surface area contributed by atoms with Gasteiger partial charge in [-0.3, -0.25) is 5.10 Å². The Morgan fingerprint density at radius 1 is 1.11 bits per heavy atom. The molecule has 0 fully saturated rings. The van der Waals surface area contributed by atoms with Crippen LogP contribution >= 0.6 is 0 Å². The van der Waals surface area contributed by atoms with E-state index in [-0.39, 0.29) is 5.82 Å². The lowest BCUT2D eigenvalue weighted by Crippen LogP contribution is -2.02. The number of rotatable bonds is 7. The van der Waals surface area contributed by atoms with Crippen molar-refractivity contribution in [2.24, 2.45) is 0 Å². The summed E-state index contributed by atoms with van der Waals surface area (Å²) >= 11 is 0. The third-order valence-corrected chi connectivity index (χ3v) is 4.62. The first-order chi connectivity index (χ1) is 13.2. The van der Waals surface area contributed by atoms with Gasteiger partial charge in [-0.1, -0.05) is 12.1 Å². The lowest BCUT2D eigenvalue weighted by atomic mass is 10.1. The Labute approximate surface area is 157 Å². The Morgan fingerprint density at radius 2 is 1.89 bits per heavy atom. The molecule has 1 aliphatic carbocycles. The third-order valence-electron chi connectivity index (χ3n) is 4.62. The summed E-state index contributed by atoms with van der Waals surface area (Å²) in [5.41, 5.74) is 5.25. The fraction of sp³-hybridized carbons (Fsp3) is 0.286. The summed E-state index contributed by atoms with van der Waals surface area (Å²) in [5, 5.41) is 10.8. The van der Waals surface area contributed by atoms with Crippen LogP contribution in [-0.4, -0.2) is 23.4 Å². The first kappa shape index (κ1) is 17.4. The van der Waals surface area contributed by atoms with Crippen LogP contribution < -0.4 is 14.8 Å². The van der Waals surface area contributed by atoms with Crippen LogP contribution in [0.1, 0.15) is 30.5 Å². The van der Waals surface area contributed by atoms with Crippen molar-refractivity contribution in [1.29, 1.82) is 0 Å². The summed E-state index contributed by atoms with van der Waals surface area (Å²) in [6.07, 6.45) is 0.763. The number of hydrogen-bond donors (Lipinski definition) is 2. The molecule has 27 heavy (non-hydrogen) atoms. The minimum atomic E-state index is -0.235. The van der Waals surface area contributed by atoms with E-state index in [2.05, 4.69) is 15.5 Å². The Bertz CT molecular complexity index is 968. The van der Waals surface area contributed by atoms with Gasteiger partial charge >= 0.3 is 0 Å². The van der Waals surface area contributed by atoms with Crippen molar-refractivity contribution in [2.45, 2.75) is 26.8 Å². The average Bonchev–Trinajstić information content (AvgIpc) is 3.20. The number of hydrogen-bond acceptors (Lipinski definition) is 4. The van der Waals surface area contributed by atoms with E-state index in [9.17, 15) is 4.39 Å². The van der Waals surface area contributed by atoms with Gasteiger partial charge in [0.2, 0.25) is 0 Å². The minimum Gasteiger partial charge on any atom is -0.490 e. The monoisotopic (exact) mass is 367 g/mol. The fourth-order valence-corrected chi connectivity index (χ4v) is 3.45. The van der Waals surface area contributed by atoms with Gasteiger partial charge < -0.3 is 14.8 Å². The second kappa shape index (κ2) is 7.31. The standard InChI is InChI=1S/C21H22FN3O2/c1-3-26-18-10-14-9-17-20(16(14)11-19(18)27-4-2)24-25-21(17)23-12-13-6-5-7-15(22)8-13/h5-8,10-11H,3-4,9,12H2,1-2H3,(H2,23,24,25). The molecule has 0 spiro atoms. The molecule has 1 aromatic heterocycles. The van der Waals surface area contributed by atoms with Gasteiger partial charge in [0.15, 0.2) is 17.3 Å². The number of H-pyrrole nitrogens is 1. The lowest BCUT2D eigenvalue weighted by Gasteiger charge is -2.13. The van der Waals surface area contributed by atoms with Gasteiger partial charge in [-0.25, -0.2) is 4.39 Å². The number of aromatic nitrogens is 2. The van der Waals surface area contributed by atoms with E-state index < -0.39 is 0 Å². The SMILES string of the molecule is CCOc1cc2c(cc1OCC)-c1[nH]nc(NCc3cccc(F)c3)c1C2. The van der Waals surface area contributed by atoms with Crippen molar-refractivity contribution in [1.82, 2.24) is 10.2 Å². The van der Waals surface area contributed by atoms with Crippen LogP contribution in [0.4, 0.5) is 10.2 Å². The molecule has 0 amide bonds. The van der Waals surface area contributed by atoms with Crippen LogP contribution in [-0.2, 0) is 13.0 Å². The third kappa shape index (κ3) is 3.35. The maximum absolute atomic E-state index is 13.4. The molecule has 3 aromatic rings. The van der Waals surface area contributed by atoms with Crippen molar-refractivity contribution >= 4 is 5.82 Å². The normalized spacial score (nSPS) is 11.8. The van der Waals surface area contributed by atoms with Crippen LogP contribution in [0.5, 0.6) is 11.5 Å². The van der Waals surface area contributed by atoms with E-state index in [4.69, 9.17) is 9.47 Å². The van der Waals surface area contributed by atoms with E-state index in [1.807, 2.05) is 32.0 Å². The van der Waals surface area contributed by atoms with Crippen molar-refractivity contribution in [3.05, 3.63) is 58.9 Å². The molecule has 1 aliphatic rings. The van der Waals surface area contributed by atoms with Crippen molar-refractivity contribution in [3.8, 4) is 22.8 Å². The van der Waals surface area contributed by atoms with E-state index in [0.717, 1.165) is 46.1 Å². The number of ether oxygens (including phenoxy) is 2. The van der Waals surface area contributed by atoms with Gasteiger partial charge in [-0.15, -0.1) is 0 Å². The van der Waals surface area contributed by atoms with Crippen molar-refractivity contribution in [3.63, 3.8) is 0 Å². The molecule has 2 N–H and O–H groups in total. The number of nitrogens with one attached hydrogen (secondary N) is 2. The number of nitrogens with zero attached hydrogens (tertiary/aromatic N) is 1. The molecule has 6 heteroatoms. The Balaban J connectivity index is 1.59. The highest BCUT2D eigenvalue weighted by molar-refractivity contribution is 5.80. The highest BCUT2D eigenvalue weighted by Crippen LogP contribution is 2.44. The first-order valence-corrected chi connectivity index (χ1v) is 9.18. The largest absolute Gasteiger partial charge is 0.490 e. The predicted octanol–water partition coefficient (Wildman–Crippen LogP) is 4.53. The summed E-state index contributed by atoms with van der Waals surface area (Å²) in [5.74, 6) is 2.07. The van der Waals surface area contributed by atoms with Crippen molar-refractivity contribution < 1.29 is 13.9 Å². The zero-order valence-electron chi connectivity index (χ0n) is 15.4. The quantitative estimate of drug-likeness (QED) is 0.504. The van der Waals surface area contributed by atoms with Gasteiger partial charge in [0.25, 0.3) is 0 Å². The number of halogens is 1. The maximum atomic E-state index is 13.4. The predicted molar refractivity (Wildman–Crippen MR) is 103 cm³/mol. The molecule has 0 saturated carbocycles. The summed E-state index contributed by atoms with van der Waals surface area (Å²) in [6.45, 7) is 5.60. The smallest absolute Gasteiger partial charge is 0.161 e. The number of fused-ring (bicyclic) bond motifs is 3. The summed E-state index contributed by atoms with van der Waals surface area (Å²) < 4.78 is 24.8. The zero-order valence-corrected chi connectivity index (χ0v) is 15.4. The molecule has 5 nitrogen and oxygen atoms in total. The topological polar surface area (TPSA) is 59.2 Å². The van der Waals surface area contributed by atoms with E-state index in [1.54, 1.807) is 6.07 Å². The highest BCUT2D eigenvalue weighted by Gasteiger charge is 2.26. The molecule has 0 bridgehead atoms. The number of benzene rings is 2. The molecular formula is C21H22FN3O2. The molecule has 140 valence electrons. The molecule has 0 aliphatic heterocycles. The van der Waals surface area contributed by atoms with E-state index >= 15 is 0 Å². The van der Waals surface area contributed by atoms with E-state index in [0.29, 0.717) is 19.8 Å². The molecule has 2 aromatic carbocycles. The summed E-state index contributed by atoms with van der Waals surface area (Å²) in [4.78, 5) is 0. The minimum absolute atomic E-state index is 0.235. The van der Waals surface area contributed by atoms with Gasteiger partial charge in [-0.05, 0) is 49.2 Å². The molecule has 4 rings (SSSR count). The number of aromatic amines is 1.